The molecule has 1 heterocycles. The molecule has 0 aliphatic carbocycles. The summed E-state index contributed by atoms with van der Waals surface area (Å²) in [6, 6.07) is 5.43. The average molecular weight is 284 g/mol. The zero-order chi connectivity index (χ0) is 13.0. The molecule has 5 heteroatoms. The number of hydrogen-bond donors (Lipinski definition) is 0. The molecule has 1 atom stereocenters. The number of methoxy groups -OCH3 is 2. The van der Waals surface area contributed by atoms with E-state index in [-0.39, 0.29) is 11.0 Å². The SMILES string of the molecule is COc1cccc(OC)c1C(=O)C1CSCCS1. The lowest BCUT2D eigenvalue weighted by Gasteiger charge is -2.21. The third-order valence-corrected chi connectivity index (χ3v) is 5.54. The van der Waals surface area contributed by atoms with Crippen LogP contribution < -0.4 is 9.47 Å². The summed E-state index contributed by atoms with van der Waals surface area (Å²) >= 11 is 3.55. The van der Waals surface area contributed by atoms with Crippen molar-refractivity contribution in [3.63, 3.8) is 0 Å². The van der Waals surface area contributed by atoms with Crippen molar-refractivity contribution in [3.8, 4) is 11.5 Å². The molecule has 0 bridgehead atoms. The fourth-order valence-electron chi connectivity index (χ4n) is 1.89. The van der Waals surface area contributed by atoms with Gasteiger partial charge in [-0.25, -0.2) is 0 Å². The maximum Gasteiger partial charge on any atom is 0.184 e. The van der Waals surface area contributed by atoms with Crippen LogP contribution >= 0.6 is 23.5 Å². The fourth-order valence-corrected chi connectivity index (χ4v) is 4.51. The molecule has 0 N–H and O–H groups in total. The van der Waals surface area contributed by atoms with E-state index in [1.54, 1.807) is 38.1 Å². The molecule has 0 saturated carbocycles. The minimum atomic E-state index is 0.00829. The first-order chi connectivity index (χ1) is 8.77. The Hall–Kier alpha value is -0.810. The Balaban J connectivity index is 2.32. The van der Waals surface area contributed by atoms with E-state index in [9.17, 15) is 4.79 Å². The van der Waals surface area contributed by atoms with Gasteiger partial charge in [-0.15, -0.1) is 11.8 Å². The van der Waals surface area contributed by atoms with E-state index in [4.69, 9.17) is 9.47 Å². The van der Waals surface area contributed by atoms with Crippen LogP contribution in [-0.2, 0) is 0 Å². The standard InChI is InChI=1S/C13H16O3S2/c1-15-9-4-3-5-10(16-2)12(9)13(14)11-8-17-6-7-18-11/h3-5,11H,6-8H2,1-2H3. The molecule has 0 amide bonds. The van der Waals surface area contributed by atoms with E-state index >= 15 is 0 Å². The van der Waals surface area contributed by atoms with Gasteiger partial charge in [0.05, 0.1) is 19.5 Å². The minimum Gasteiger partial charge on any atom is -0.496 e. The fraction of sp³-hybridized carbons (Fsp3) is 0.462. The number of benzene rings is 1. The third-order valence-electron chi connectivity index (χ3n) is 2.78. The third kappa shape index (κ3) is 2.78. The van der Waals surface area contributed by atoms with E-state index in [2.05, 4.69) is 0 Å². The van der Waals surface area contributed by atoms with Crippen LogP contribution in [0.15, 0.2) is 18.2 Å². The second-order valence-electron chi connectivity index (χ2n) is 3.84. The van der Waals surface area contributed by atoms with Gasteiger partial charge in [0.1, 0.15) is 17.1 Å². The van der Waals surface area contributed by atoms with Gasteiger partial charge >= 0.3 is 0 Å². The summed E-state index contributed by atoms with van der Waals surface area (Å²) in [6.07, 6.45) is 0. The first-order valence-electron chi connectivity index (χ1n) is 5.72. The van der Waals surface area contributed by atoms with Crippen molar-refractivity contribution in [2.24, 2.45) is 0 Å². The molecule has 98 valence electrons. The molecule has 1 saturated heterocycles. The van der Waals surface area contributed by atoms with E-state index in [0.29, 0.717) is 17.1 Å². The molecular weight excluding hydrogens is 268 g/mol. The van der Waals surface area contributed by atoms with Crippen LogP contribution in [-0.4, -0.2) is 42.5 Å². The van der Waals surface area contributed by atoms with Crippen molar-refractivity contribution in [2.45, 2.75) is 5.25 Å². The molecule has 1 aromatic rings. The van der Waals surface area contributed by atoms with Gasteiger partial charge in [-0.05, 0) is 12.1 Å². The first kappa shape index (κ1) is 13.6. The molecule has 1 aromatic carbocycles. The van der Waals surface area contributed by atoms with Crippen molar-refractivity contribution in [1.29, 1.82) is 0 Å². The Bertz CT molecular complexity index is 406. The number of ether oxygens (including phenoxy) is 2. The maximum absolute atomic E-state index is 12.6. The van der Waals surface area contributed by atoms with Gasteiger partial charge < -0.3 is 9.47 Å². The lowest BCUT2D eigenvalue weighted by Crippen LogP contribution is -2.25. The first-order valence-corrected chi connectivity index (χ1v) is 7.92. The van der Waals surface area contributed by atoms with Crippen molar-refractivity contribution in [3.05, 3.63) is 23.8 Å². The highest BCUT2D eigenvalue weighted by molar-refractivity contribution is 8.07. The molecule has 18 heavy (non-hydrogen) atoms. The molecule has 1 unspecified atom stereocenters. The predicted octanol–water partition coefficient (Wildman–Crippen LogP) is 2.74. The lowest BCUT2D eigenvalue weighted by atomic mass is 10.1. The van der Waals surface area contributed by atoms with Crippen LogP contribution in [0.1, 0.15) is 10.4 Å². The van der Waals surface area contributed by atoms with Crippen LogP contribution in [0, 0.1) is 0 Å². The van der Waals surface area contributed by atoms with E-state index in [0.717, 1.165) is 17.3 Å². The molecule has 3 nitrogen and oxygen atoms in total. The van der Waals surface area contributed by atoms with Gasteiger partial charge in [0, 0.05) is 17.3 Å². The van der Waals surface area contributed by atoms with Gasteiger partial charge in [0.15, 0.2) is 5.78 Å². The summed E-state index contributed by atoms with van der Waals surface area (Å²) in [5, 5.41) is 0.00829. The highest BCUT2D eigenvalue weighted by Crippen LogP contribution is 2.34. The molecule has 0 radical (unpaired) electrons. The number of carbonyl (C=O) groups is 1. The zero-order valence-electron chi connectivity index (χ0n) is 10.5. The van der Waals surface area contributed by atoms with E-state index in [1.807, 2.05) is 17.8 Å². The molecule has 1 fully saturated rings. The molecule has 1 aliphatic heterocycles. The van der Waals surface area contributed by atoms with Gasteiger partial charge in [0.2, 0.25) is 0 Å². The largest absolute Gasteiger partial charge is 0.496 e. The molecule has 0 spiro atoms. The topological polar surface area (TPSA) is 35.5 Å². The van der Waals surface area contributed by atoms with Gasteiger partial charge in [-0.1, -0.05) is 6.07 Å². The average Bonchev–Trinajstić information content (AvgIpc) is 2.46. The molecule has 1 aliphatic rings. The predicted molar refractivity (Wildman–Crippen MR) is 77.4 cm³/mol. The van der Waals surface area contributed by atoms with Crippen molar-refractivity contribution in [2.75, 3.05) is 31.5 Å². The van der Waals surface area contributed by atoms with Crippen LogP contribution in [0.3, 0.4) is 0 Å². The minimum absolute atomic E-state index is 0.00829. The Morgan fingerprint density at radius 2 is 1.89 bits per heavy atom. The summed E-state index contributed by atoms with van der Waals surface area (Å²) in [5.74, 6) is 4.31. The quantitative estimate of drug-likeness (QED) is 0.794. The number of thioether (sulfide) groups is 2. The number of rotatable bonds is 4. The van der Waals surface area contributed by atoms with Crippen LogP contribution in [0.2, 0.25) is 0 Å². The Labute approximate surface area is 116 Å². The van der Waals surface area contributed by atoms with Crippen molar-refractivity contribution < 1.29 is 14.3 Å². The Kier molecular flexibility index (Phi) is 4.83. The highest BCUT2D eigenvalue weighted by atomic mass is 32.2. The number of hydrogen-bond acceptors (Lipinski definition) is 5. The second kappa shape index (κ2) is 6.38. The summed E-state index contributed by atoms with van der Waals surface area (Å²) in [4.78, 5) is 12.6. The van der Waals surface area contributed by atoms with Crippen LogP contribution in [0.5, 0.6) is 11.5 Å². The van der Waals surface area contributed by atoms with Crippen molar-refractivity contribution >= 4 is 29.3 Å². The summed E-state index contributed by atoms with van der Waals surface area (Å²) in [7, 11) is 3.16. The smallest absolute Gasteiger partial charge is 0.184 e. The lowest BCUT2D eigenvalue weighted by molar-refractivity contribution is 0.0989. The maximum atomic E-state index is 12.6. The normalized spacial score (nSPS) is 19.3. The van der Waals surface area contributed by atoms with Gasteiger partial charge in [-0.3, -0.25) is 4.79 Å². The zero-order valence-corrected chi connectivity index (χ0v) is 12.1. The Morgan fingerprint density at radius 3 is 2.39 bits per heavy atom. The van der Waals surface area contributed by atoms with E-state index < -0.39 is 0 Å². The summed E-state index contributed by atoms with van der Waals surface area (Å²) < 4.78 is 10.6. The monoisotopic (exact) mass is 284 g/mol. The summed E-state index contributed by atoms with van der Waals surface area (Å²) in [6.45, 7) is 0. The molecular formula is C13H16O3S2. The highest BCUT2D eigenvalue weighted by Gasteiger charge is 2.28. The van der Waals surface area contributed by atoms with Gasteiger partial charge in [0.25, 0.3) is 0 Å². The number of Topliss-reactive ketones (excluding diaryl/α,β-unsaturated/α-hetero) is 1. The van der Waals surface area contributed by atoms with E-state index in [1.165, 1.54) is 0 Å². The van der Waals surface area contributed by atoms with Crippen LogP contribution in [0.4, 0.5) is 0 Å². The molecule has 2 rings (SSSR count). The molecule has 0 aromatic heterocycles. The number of ketones is 1. The van der Waals surface area contributed by atoms with Crippen LogP contribution in [0.25, 0.3) is 0 Å². The van der Waals surface area contributed by atoms with Crippen molar-refractivity contribution in [1.82, 2.24) is 0 Å². The summed E-state index contributed by atoms with van der Waals surface area (Å²) in [5.41, 5.74) is 0.572. The number of carbonyl (C=O) groups excluding carboxylic acids is 1. The second-order valence-corrected chi connectivity index (χ2v) is 6.30. The van der Waals surface area contributed by atoms with Gasteiger partial charge in [-0.2, -0.15) is 11.8 Å². The Morgan fingerprint density at radius 1 is 1.22 bits per heavy atom.